The smallest absolute Gasteiger partial charge is 0.230 e. The van der Waals surface area contributed by atoms with Gasteiger partial charge in [-0.1, -0.05) is 17.8 Å². The second-order valence-corrected chi connectivity index (χ2v) is 7.10. The molecular formula is C18H24N4O4S. The first kappa shape index (κ1) is 19.5. The van der Waals surface area contributed by atoms with Gasteiger partial charge in [0.15, 0.2) is 11.0 Å². The van der Waals surface area contributed by atoms with Crippen LogP contribution >= 0.6 is 11.8 Å². The summed E-state index contributed by atoms with van der Waals surface area (Å²) in [6.07, 6.45) is 2.22. The van der Waals surface area contributed by atoms with Gasteiger partial charge in [0.25, 0.3) is 0 Å². The molecule has 27 heavy (non-hydrogen) atoms. The summed E-state index contributed by atoms with van der Waals surface area (Å²) in [6, 6.07) is 7.38. The maximum atomic E-state index is 12.0. The Morgan fingerprint density at radius 2 is 2.26 bits per heavy atom. The topological polar surface area (TPSA) is 87.5 Å². The molecule has 1 unspecified atom stereocenters. The summed E-state index contributed by atoms with van der Waals surface area (Å²) in [4.78, 5) is 12.0. The molecule has 1 aliphatic rings. The van der Waals surface area contributed by atoms with E-state index in [1.165, 1.54) is 11.8 Å². The third-order valence-electron chi connectivity index (χ3n) is 4.22. The summed E-state index contributed by atoms with van der Waals surface area (Å²) in [5.74, 6) is 2.36. The van der Waals surface area contributed by atoms with Crippen LogP contribution in [0.25, 0.3) is 0 Å². The molecule has 1 atom stereocenters. The van der Waals surface area contributed by atoms with Crippen LogP contribution in [-0.4, -0.2) is 52.8 Å². The average molecular weight is 392 g/mol. The van der Waals surface area contributed by atoms with Crippen LogP contribution in [0.2, 0.25) is 0 Å². The Morgan fingerprint density at radius 3 is 3.04 bits per heavy atom. The number of carbonyl (C=O) groups is 1. The number of rotatable bonds is 9. The van der Waals surface area contributed by atoms with Gasteiger partial charge in [-0.05, 0) is 25.0 Å². The molecule has 1 N–H and O–H groups in total. The van der Waals surface area contributed by atoms with Crippen LogP contribution in [-0.2, 0) is 23.2 Å². The monoisotopic (exact) mass is 392 g/mol. The molecule has 2 heterocycles. The highest BCUT2D eigenvalue weighted by Gasteiger charge is 2.17. The number of hydrogen-bond donors (Lipinski definition) is 1. The first-order valence-electron chi connectivity index (χ1n) is 8.82. The van der Waals surface area contributed by atoms with Crippen molar-refractivity contribution in [3.63, 3.8) is 0 Å². The zero-order chi connectivity index (χ0) is 19.1. The molecule has 0 radical (unpaired) electrons. The molecule has 1 aliphatic heterocycles. The lowest BCUT2D eigenvalue weighted by molar-refractivity contribution is -0.119. The number of nitrogens with one attached hydrogen (secondary N) is 1. The molecule has 9 heteroatoms. The molecule has 0 spiro atoms. The van der Waals surface area contributed by atoms with Gasteiger partial charge in [-0.25, -0.2) is 0 Å². The maximum absolute atomic E-state index is 12.0. The minimum absolute atomic E-state index is 0.0346. The molecule has 1 amide bonds. The van der Waals surface area contributed by atoms with E-state index >= 15 is 0 Å². The molecule has 2 aromatic rings. The standard InChI is InChI=1S/C18H24N4O4S/c1-22-16(11-26-14-6-3-5-13(9-14)24-2)20-21-18(22)27-12-17(23)19-10-15-7-4-8-25-15/h3,5-6,9,15H,4,7-8,10-12H2,1-2H3,(H,19,23). The second-order valence-electron chi connectivity index (χ2n) is 6.15. The van der Waals surface area contributed by atoms with Crippen LogP contribution in [0.3, 0.4) is 0 Å². The summed E-state index contributed by atoms with van der Waals surface area (Å²) in [7, 11) is 3.47. The Labute approximate surface area is 162 Å². The Bertz CT molecular complexity index is 762. The number of methoxy groups -OCH3 is 1. The van der Waals surface area contributed by atoms with Crippen molar-refractivity contribution in [2.24, 2.45) is 7.05 Å². The van der Waals surface area contributed by atoms with E-state index in [-0.39, 0.29) is 24.4 Å². The molecule has 146 valence electrons. The Hall–Kier alpha value is -2.26. The van der Waals surface area contributed by atoms with Crippen LogP contribution in [0, 0.1) is 0 Å². The molecule has 0 aliphatic carbocycles. The molecule has 1 fully saturated rings. The van der Waals surface area contributed by atoms with E-state index in [2.05, 4.69) is 15.5 Å². The molecule has 1 aromatic carbocycles. The van der Waals surface area contributed by atoms with Crippen molar-refractivity contribution in [2.75, 3.05) is 26.0 Å². The number of aromatic nitrogens is 3. The molecule has 0 bridgehead atoms. The van der Waals surface area contributed by atoms with Crippen LogP contribution in [0.4, 0.5) is 0 Å². The van der Waals surface area contributed by atoms with Gasteiger partial charge in [0.1, 0.15) is 18.1 Å². The van der Waals surface area contributed by atoms with E-state index in [1.54, 1.807) is 7.11 Å². The van der Waals surface area contributed by atoms with Crippen molar-refractivity contribution in [3.8, 4) is 11.5 Å². The van der Waals surface area contributed by atoms with Gasteiger partial charge in [0.2, 0.25) is 5.91 Å². The molecule has 1 aromatic heterocycles. The van der Waals surface area contributed by atoms with Crippen LogP contribution in [0.5, 0.6) is 11.5 Å². The van der Waals surface area contributed by atoms with Crippen molar-refractivity contribution in [3.05, 3.63) is 30.1 Å². The molecule has 0 saturated carbocycles. The summed E-state index contributed by atoms with van der Waals surface area (Å²) < 4.78 is 18.3. The fourth-order valence-corrected chi connectivity index (χ4v) is 3.41. The van der Waals surface area contributed by atoms with E-state index in [1.807, 2.05) is 35.9 Å². The van der Waals surface area contributed by atoms with Gasteiger partial charge in [-0.15, -0.1) is 10.2 Å². The average Bonchev–Trinajstić information content (AvgIpc) is 3.33. The number of carbonyl (C=O) groups excluding carboxylic acids is 1. The molecule has 1 saturated heterocycles. The van der Waals surface area contributed by atoms with Gasteiger partial charge >= 0.3 is 0 Å². The fraction of sp³-hybridized carbons (Fsp3) is 0.500. The quantitative estimate of drug-likeness (QED) is 0.651. The van der Waals surface area contributed by atoms with Crippen molar-refractivity contribution >= 4 is 17.7 Å². The van der Waals surface area contributed by atoms with E-state index in [4.69, 9.17) is 14.2 Å². The highest BCUT2D eigenvalue weighted by Crippen LogP contribution is 2.21. The third-order valence-corrected chi connectivity index (χ3v) is 5.24. The van der Waals surface area contributed by atoms with Crippen molar-refractivity contribution in [2.45, 2.75) is 30.7 Å². The predicted molar refractivity (Wildman–Crippen MR) is 101 cm³/mol. The molecule has 8 nitrogen and oxygen atoms in total. The van der Waals surface area contributed by atoms with E-state index in [0.29, 0.717) is 23.3 Å². The van der Waals surface area contributed by atoms with Crippen LogP contribution in [0.15, 0.2) is 29.4 Å². The first-order chi connectivity index (χ1) is 13.2. The Morgan fingerprint density at radius 1 is 1.41 bits per heavy atom. The lowest BCUT2D eigenvalue weighted by atomic mass is 10.2. The SMILES string of the molecule is COc1cccc(OCc2nnc(SCC(=O)NCC3CCCO3)n2C)c1. The van der Waals surface area contributed by atoms with E-state index < -0.39 is 0 Å². The lowest BCUT2D eigenvalue weighted by Crippen LogP contribution is -2.32. The highest BCUT2D eigenvalue weighted by atomic mass is 32.2. The van der Waals surface area contributed by atoms with Crippen molar-refractivity contribution in [1.29, 1.82) is 0 Å². The number of amides is 1. The Balaban J connectivity index is 1.45. The largest absolute Gasteiger partial charge is 0.497 e. The van der Waals surface area contributed by atoms with Gasteiger partial charge in [0.05, 0.1) is 19.0 Å². The normalized spacial score (nSPS) is 16.3. The number of benzene rings is 1. The first-order valence-corrected chi connectivity index (χ1v) is 9.80. The van der Waals surface area contributed by atoms with E-state index in [0.717, 1.165) is 25.2 Å². The van der Waals surface area contributed by atoms with Crippen molar-refractivity contribution < 1.29 is 19.0 Å². The summed E-state index contributed by atoms with van der Waals surface area (Å²) in [5, 5.41) is 11.9. The second kappa shape index (κ2) is 9.61. The number of thioether (sulfide) groups is 1. The Kier molecular flexibility index (Phi) is 6.94. The third kappa shape index (κ3) is 5.61. The number of ether oxygens (including phenoxy) is 3. The maximum Gasteiger partial charge on any atom is 0.230 e. The zero-order valence-corrected chi connectivity index (χ0v) is 16.3. The van der Waals surface area contributed by atoms with Gasteiger partial charge in [-0.3, -0.25) is 4.79 Å². The zero-order valence-electron chi connectivity index (χ0n) is 15.5. The predicted octanol–water partition coefficient (Wildman–Crippen LogP) is 1.79. The molecular weight excluding hydrogens is 368 g/mol. The summed E-state index contributed by atoms with van der Waals surface area (Å²) in [6.45, 7) is 1.63. The van der Waals surface area contributed by atoms with Crippen LogP contribution < -0.4 is 14.8 Å². The van der Waals surface area contributed by atoms with E-state index in [9.17, 15) is 4.79 Å². The molecule has 3 rings (SSSR count). The lowest BCUT2D eigenvalue weighted by Gasteiger charge is -2.10. The summed E-state index contributed by atoms with van der Waals surface area (Å²) >= 11 is 1.35. The fourth-order valence-electron chi connectivity index (χ4n) is 2.65. The minimum atomic E-state index is -0.0346. The van der Waals surface area contributed by atoms with Crippen LogP contribution in [0.1, 0.15) is 18.7 Å². The van der Waals surface area contributed by atoms with Gasteiger partial charge in [0, 0.05) is 26.3 Å². The highest BCUT2D eigenvalue weighted by molar-refractivity contribution is 7.99. The summed E-state index contributed by atoms with van der Waals surface area (Å²) in [5.41, 5.74) is 0. The minimum Gasteiger partial charge on any atom is -0.497 e. The number of hydrogen-bond acceptors (Lipinski definition) is 7. The number of nitrogens with zero attached hydrogens (tertiary/aromatic N) is 3. The van der Waals surface area contributed by atoms with Gasteiger partial charge in [-0.2, -0.15) is 0 Å². The van der Waals surface area contributed by atoms with Gasteiger partial charge < -0.3 is 24.1 Å². The van der Waals surface area contributed by atoms with Crippen molar-refractivity contribution in [1.82, 2.24) is 20.1 Å².